The van der Waals surface area contributed by atoms with Crippen LogP contribution in [0.1, 0.15) is 37.8 Å². The van der Waals surface area contributed by atoms with E-state index in [0.717, 1.165) is 24.6 Å². The predicted molar refractivity (Wildman–Crippen MR) is 90.0 cm³/mol. The van der Waals surface area contributed by atoms with Gasteiger partial charge in [-0.1, -0.05) is 6.92 Å². The van der Waals surface area contributed by atoms with Crippen molar-refractivity contribution >= 4 is 41.3 Å². The van der Waals surface area contributed by atoms with Crippen LogP contribution in [-0.4, -0.2) is 23.5 Å². The average molecular weight is 382 g/mol. The zero-order chi connectivity index (χ0) is 12.7. The number of nitrogens with zero attached hydrogens (tertiary/aromatic N) is 2. The highest BCUT2D eigenvalue weighted by atomic mass is 127. The van der Waals surface area contributed by atoms with Gasteiger partial charge in [-0.3, -0.25) is 0 Å². The SMILES string of the molecule is CCNC(=NCc1scnc1C)NC(C)CC.I. The van der Waals surface area contributed by atoms with E-state index in [9.17, 15) is 0 Å². The van der Waals surface area contributed by atoms with Crippen molar-refractivity contribution in [3.8, 4) is 0 Å². The van der Waals surface area contributed by atoms with Gasteiger partial charge in [0.1, 0.15) is 0 Å². The molecule has 1 aromatic rings. The van der Waals surface area contributed by atoms with Gasteiger partial charge in [0, 0.05) is 17.5 Å². The van der Waals surface area contributed by atoms with E-state index < -0.39 is 0 Å². The summed E-state index contributed by atoms with van der Waals surface area (Å²) in [5.74, 6) is 0.884. The molecule has 1 rings (SSSR count). The molecule has 0 radical (unpaired) electrons. The zero-order valence-corrected chi connectivity index (χ0v) is 14.6. The second-order valence-corrected chi connectivity index (χ2v) is 4.95. The molecule has 18 heavy (non-hydrogen) atoms. The lowest BCUT2D eigenvalue weighted by Crippen LogP contribution is -2.41. The third-order valence-electron chi connectivity index (χ3n) is 2.57. The van der Waals surface area contributed by atoms with E-state index in [0.29, 0.717) is 12.6 Å². The topological polar surface area (TPSA) is 49.3 Å². The first-order valence-electron chi connectivity index (χ1n) is 6.11. The lowest BCUT2D eigenvalue weighted by atomic mass is 10.3. The molecule has 1 aromatic heterocycles. The lowest BCUT2D eigenvalue weighted by molar-refractivity contribution is 0.624. The van der Waals surface area contributed by atoms with E-state index in [1.54, 1.807) is 11.3 Å². The molecule has 1 heterocycles. The van der Waals surface area contributed by atoms with Gasteiger partial charge < -0.3 is 10.6 Å². The van der Waals surface area contributed by atoms with Gasteiger partial charge in [-0.05, 0) is 27.2 Å². The third kappa shape index (κ3) is 5.99. The second-order valence-electron chi connectivity index (χ2n) is 4.01. The quantitative estimate of drug-likeness (QED) is 0.468. The van der Waals surface area contributed by atoms with Crippen molar-refractivity contribution in [1.29, 1.82) is 0 Å². The van der Waals surface area contributed by atoms with Crippen LogP contribution < -0.4 is 10.6 Å². The Bertz CT molecular complexity index is 365. The van der Waals surface area contributed by atoms with Gasteiger partial charge in [0.15, 0.2) is 5.96 Å². The first kappa shape index (κ1) is 17.6. The summed E-state index contributed by atoms with van der Waals surface area (Å²) in [6.07, 6.45) is 1.09. The standard InChI is InChI=1S/C12H22N4S.HI/c1-5-9(3)16-12(13-6-2)14-7-11-10(4)15-8-17-11;/h8-9H,5-7H2,1-4H3,(H2,13,14,16);1H. The summed E-state index contributed by atoms with van der Waals surface area (Å²) < 4.78 is 0. The molecule has 0 fully saturated rings. The number of nitrogens with one attached hydrogen (secondary N) is 2. The van der Waals surface area contributed by atoms with Gasteiger partial charge >= 0.3 is 0 Å². The van der Waals surface area contributed by atoms with E-state index in [4.69, 9.17) is 0 Å². The second kappa shape index (κ2) is 9.55. The Morgan fingerprint density at radius 1 is 1.50 bits per heavy atom. The minimum Gasteiger partial charge on any atom is -0.357 e. The van der Waals surface area contributed by atoms with Crippen molar-refractivity contribution in [3.63, 3.8) is 0 Å². The van der Waals surface area contributed by atoms with Crippen molar-refractivity contribution in [3.05, 3.63) is 16.1 Å². The molecular formula is C12H23IN4S. The van der Waals surface area contributed by atoms with E-state index in [1.165, 1.54) is 4.88 Å². The van der Waals surface area contributed by atoms with Gasteiger partial charge in [-0.2, -0.15) is 0 Å². The smallest absolute Gasteiger partial charge is 0.191 e. The number of aromatic nitrogens is 1. The van der Waals surface area contributed by atoms with Gasteiger partial charge in [-0.15, -0.1) is 35.3 Å². The predicted octanol–water partition coefficient (Wildman–Crippen LogP) is 2.92. The summed E-state index contributed by atoms with van der Waals surface area (Å²) in [6, 6.07) is 0.440. The molecule has 104 valence electrons. The number of hydrogen-bond donors (Lipinski definition) is 2. The molecule has 2 N–H and O–H groups in total. The van der Waals surface area contributed by atoms with Crippen LogP contribution >= 0.6 is 35.3 Å². The number of hydrogen-bond acceptors (Lipinski definition) is 3. The van der Waals surface area contributed by atoms with Crippen molar-refractivity contribution in [1.82, 2.24) is 15.6 Å². The van der Waals surface area contributed by atoms with Crippen LogP contribution in [0, 0.1) is 6.92 Å². The Kier molecular flexibility index (Phi) is 9.35. The Morgan fingerprint density at radius 2 is 2.22 bits per heavy atom. The summed E-state index contributed by atoms with van der Waals surface area (Å²) in [5, 5.41) is 6.63. The zero-order valence-electron chi connectivity index (χ0n) is 11.5. The Balaban J connectivity index is 0.00000289. The molecule has 0 saturated heterocycles. The van der Waals surface area contributed by atoms with Crippen molar-refractivity contribution in [2.24, 2.45) is 4.99 Å². The highest BCUT2D eigenvalue weighted by molar-refractivity contribution is 14.0. The monoisotopic (exact) mass is 382 g/mol. The largest absolute Gasteiger partial charge is 0.357 e. The highest BCUT2D eigenvalue weighted by Gasteiger charge is 2.04. The van der Waals surface area contributed by atoms with Crippen molar-refractivity contribution < 1.29 is 0 Å². The number of guanidine groups is 1. The molecule has 0 aliphatic carbocycles. The number of rotatable bonds is 5. The number of aliphatic imine (C=N–C) groups is 1. The molecule has 0 spiro atoms. The maximum Gasteiger partial charge on any atom is 0.191 e. The summed E-state index contributed by atoms with van der Waals surface area (Å²) in [6.45, 7) is 9.99. The number of halogens is 1. The van der Waals surface area contributed by atoms with Crippen LogP contribution in [0.25, 0.3) is 0 Å². The van der Waals surface area contributed by atoms with Gasteiger partial charge in [0.25, 0.3) is 0 Å². The minimum absolute atomic E-state index is 0. The Hall–Kier alpha value is -0.370. The maximum absolute atomic E-state index is 4.57. The average Bonchev–Trinajstić information content (AvgIpc) is 2.72. The molecule has 0 saturated carbocycles. The summed E-state index contributed by atoms with van der Waals surface area (Å²) in [5.41, 5.74) is 2.95. The molecule has 1 atom stereocenters. The molecule has 0 amide bonds. The molecule has 0 aromatic carbocycles. The number of aryl methyl sites for hydroxylation is 1. The Labute approximate surface area is 131 Å². The van der Waals surface area contributed by atoms with E-state index in [2.05, 4.69) is 41.4 Å². The fourth-order valence-corrected chi connectivity index (χ4v) is 1.98. The van der Waals surface area contributed by atoms with E-state index >= 15 is 0 Å². The van der Waals surface area contributed by atoms with Crippen LogP contribution in [0.2, 0.25) is 0 Å². The van der Waals surface area contributed by atoms with E-state index in [1.807, 2.05) is 12.4 Å². The molecule has 0 bridgehead atoms. The molecule has 0 aliphatic heterocycles. The Morgan fingerprint density at radius 3 is 2.72 bits per heavy atom. The van der Waals surface area contributed by atoms with Gasteiger partial charge in [-0.25, -0.2) is 9.98 Å². The normalized spacial score (nSPS) is 12.8. The fourth-order valence-electron chi connectivity index (χ4n) is 1.28. The summed E-state index contributed by atoms with van der Waals surface area (Å²) in [4.78, 5) is 10.0. The van der Waals surface area contributed by atoms with Crippen LogP contribution in [0.4, 0.5) is 0 Å². The molecule has 1 unspecified atom stereocenters. The van der Waals surface area contributed by atoms with E-state index in [-0.39, 0.29) is 24.0 Å². The first-order chi connectivity index (χ1) is 8.17. The maximum atomic E-state index is 4.57. The number of thiazole rings is 1. The van der Waals surface area contributed by atoms with Crippen molar-refractivity contribution in [2.45, 2.75) is 46.7 Å². The first-order valence-corrected chi connectivity index (χ1v) is 6.99. The minimum atomic E-state index is 0. The van der Waals surface area contributed by atoms with Crippen LogP contribution in [0.15, 0.2) is 10.5 Å². The summed E-state index contributed by atoms with van der Waals surface area (Å²) >= 11 is 1.66. The molecule has 4 nitrogen and oxygen atoms in total. The van der Waals surface area contributed by atoms with Crippen molar-refractivity contribution in [2.75, 3.05) is 6.54 Å². The van der Waals surface area contributed by atoms with Crippen LogP contribution in [0.5, 0.6) is 0 Å². The molecular weight excluding hydrogens is 359 g/mol. The van der Waals surface area contributed by atoms with Gasteiger partial charge in [0.05, 0.1) is 17.7 Å². The molecule has 0 aliphatic rings. The fraction of sp³-hybridized carbons (Fsp3) is 0.667. The van der Waals surface area contributed by atoms with Gasteiger partial charge in [0.2, 0.25) is 0 Å². The van der Waals surface area contributed by atoms with Crippen LogP contribution in [-0.2, 0) is 6.54 Å². The molecule has 6 heteroatoms. The summed E-state index contributed by atoms with van der Waals surface area (Å²) in [7, 11) is 0. The lowest BCUT2D eigenvalue weighted by Gasteiger charge is -2.15. The third-order valence-corrected chi connectivity index (χ3v) is 3.49. The highest BCUT2D eigenvalue weighted by Crippen LogP contribution is 2.12. The van der Waals surface area contributed by atoms with Crippen LogP contribution in [0.3, 0.4) is 0 Å².